The molecule has 0 fully saturated rings. The Hall–Kier alpha value is -1.43. The third kappa shape index (κ3) is 2.06. The van der Waals surface area contributed by atoms with Crippen molar-refractivity contribution in [3.05, 3.63) is 16.7 Å². The Morgan fingerprint density at radius 1 is 1.62 bits per heavy atom. The zero-order valence-corrected chi connectivity index (χ0v) is 10.2. The Balaban J connectivity index is 2.49. The molecule has 0 spiro atoms. The van der Waals surface area contributed by atoms with Crippen LogP contribution in [0.25, 0.3) is 0 Å². The summed E-state index contributed by atoms with van der Waals surface area (Å²) in [5.41, 5.74) is 0. The summed E-state index contributed by atoms with van der Waals surface area (Å²) in [7, 11) is 0. The molecule has 0 N–H and O–H groups in total. The Morgan fingerprint density at radius 2 is 2.38 bits per heavy atom. The summed E-state index contributed by atoms with van der Waals surface area (Å²) >= 11 is 3.26. The minimum atomic E-state index is -0.227. The lowest BCUT2D eigenvalue weighted by Gasteiger charge is -2.17. The smallest absolute Gasteiger partial charge is 0.225 e. The van der Waals surface area contributed by atoms with Gasteiger partial charge in [0.05, 0.1) is 6.54 Å². The zero-order chi connectivity index (χ0) is 11.7. The van der Waals surface area contributed by atoms with E-state index >= 15 is 0 Å². The molecule has 2 rings (SSSR count). The van der Waals surface area contributed by atoms with Crippen LogP contribution in [0.15, 0.2) is 16.7 Å². The number of hydrogen-bond donors (Lipinski definition) is 0. The average Bonchev–Trinajstić information content (AvgIpc) is 2.38. The second-order valence-corrected chi connectivity index (χ2v) is 4.32. The van der Waals surface area contributed by atoms with Crippen molar-refractivity contribution in [2.24, 2.45) is 0 Å². The van der Waals surface area contributed by atoms with Gasteiger partial charge in [0.1, 0.15) is 6.61 Å². The number of hydrogen-bond acceptors (Lipinski definition) is 4. The maximum Gasteiger partial charge on any atom is 0.225 e. The fourth-order valence-corrected chi connectivity index (χ4v) is 1.75. The van der Waals surface area contributed by atoms with Gasteiger partial charge in [-0.1, -0.05) is 0 Å². The van der Waals surface area contributed by atoms with Gasteiger partial charge in [-0.2, -0.15) is 0 Å². The van der Waals surface area contributed by atoms with Gasteiger partial charge >= 0.3 is 0 Å². The van der Waals surface area contributed by atoms with E-state index in [4.69, 9.17) is 4.74 Å². The van der Waals surface area contributed by atoms with Crippen LogP contribution in [0.4, 0.5) is 5.82 Å². The van der Waals surface area contributed by atoms with E-state index in [9.17, 15) is 9.59 Å². The quantitative estimate of drug-likeness (QED) is 0.717. The van der Waals surface area contributed by atoms with Crippen LogP contribution in [0, 0.1) is 0 Å². The monoisotopic (exact) mass is 284 g/mol. The number of Topliss-reactive ketones (excluding diaryl/α,β-unsaturated/α-hetero) is 1. The molecule has 84 valence electrons. The normalized spacial score (nSPS) is 15.1. The number of anilines is 1. The molecule has 0 bridgehead atoms. The van der Waals surface area contributed by atoms with Crippen LogP contribution < -0.4 is 9.64 Å². The number of ether oxygens (including phenoxy) is 1. The van der Waals surface area contributed by atoms with E-state index in [2.05, 4.69) is 20.9 Å². The molecule has 0 aliphatic carbocycles. The van der Waals surface area contributed by atoms with Gasteiger partial charge in [0.15, 0.2) is 17.4 Å². The van der Waals surface area contributed by atoms with E-state index in [1.54, 1.807) is 12.3 Å². The van der Waals surface area contributed by atoms with Crippen LogP contribution in [0.1, 0.15) is 6.92 Å². The summed E-state index contributed by atoms with van der Waals surface area (Å²) in [4.78, 5) is 28.2. The Kier molecular flexibility index (Phi) is 2.91. The number of pyridine rings is 1. The molecule has 2 heterocycles. The van der Waals surface area contributed by atoms with Crippen molar-refractivity contribution < 1.29 is 14.3 Å². The largest absolute Gasteiger partial charge is 0.482 e. The highest BCUT2D eigenvalue weighted by molar-refractivity contribution is 9.10. The van der Waals surface area contributed by atoms with Crippen LogP contribution in [0.5, 0.6) is 5.75 Å². The summed E-state index contributed by atoms with van der Waals surface area (Å²) in [6.45, 7) is 1.37. The predicted octanol–water partition coefficient (Wildman–Crippen LogP) is 1.16. The molecule has 1 aliphatic rings. The first-order valence-electron chi connectivity index (χ1n) is 4.66. The van der Waals surface area contributed by atoms with Crippen LogP contribution in [0.3, 0.4) is 0 Å². The minimum absolute atomic E-state index is 0.0109. The van der Waals surface area contributed by atoms with Crippen molar-refractivity contribution >= 4 is 33.4 Å². The van der Waals surface area contributed by atoms with Crippen molar-refractivity contribution in [1.29, 1.82) is 0 Å². The highest BCUT2D eigenvalue weighted by Crippen LogP contribution is 2.30. The Labute approximate surface area is 101 Å². The molecule has 0 unspecified atom stereocenters. The molecule has 1 amide bonds. The maximum atomic E-state index is 11.4. The van der Waals surface area contributed by atoms with E-state index in [1.807, 2.05) is 0 Å². The van der Waals surface area contributed by atoms with Gasteiger partial charge in [0.2, 0.25) is 5.91 Å². The van der Waals surface area contributed by atoms with E-state index in [1.165, 1.54) is 11.8 Å². The van der Waals surface area contributed by atoms with E-state index < -0.39 is 0 Å². The second kappa shape index (κ2) is 4.21. The van der Waals surface area contributed by atoms with Crippen molar-refractivity contribution in [3.63, 3.8) is 0 Å². The fraction of sp³-hybridized carbons (Fsp3) is 0.300. The first kappa shape index (κ1) is 11.1. The molecular weight excluding hydrogens is 276 g/mol. The predicted molar refractivity (Wildman–Crippen MR) is 60.5 cm³/mol. The van der Waals surface area contributed by atoms with Crippen molar-refractivity contribution in [2.75, 3.05) is 18.1 Å². The lowest BCUT2D eigenvalue weighted by atomic mass is 10.3. The first-order chi connectivity index (χ1) is 7.58. The zero-order valence-electron chi connectivity index (χ0n) is 8.57. The molecule has 1 aromatic heterocycles. The molecule has 6 heteroatoms. The van der Waals surface area contributed by atoms with Gasteiger partial charge in [-0.15, -0.1) is 0 Å². The van der Waals surface area contributed by atoms with E-state index in [0.717, 1.165) is 4.47 Å². The van der Waals surface area contributed by atoms with Gasteiger partial charge < -0.3 is 4.74 Å². The SMILES string of the molecule is CC(=O)N1CC(=O)COc2cc(Br)cnc21. The number of fused-ring (bicyclic) bond motifs is 1. The Bertz CT molecular complexity index is 461. The summed E-state index contributed by atoms with van der Waals surface area (Å²) < 4.78 is 6.03. The third-order valence-electron chi connectivity index (χ3n) is 2.16. The number of amides is 1. The van der Waals surface area contributed by atoms with Gasteiger partial charge in [-0.05, 0) is 22.0 Å². The van der Waals surface area contributed by atoms with Gasteiger partial charge in [-0.3, -0.25) is 14.5 Å². The summed E-state index contributed by atoms with van der Waals surface area (Å²) in [6.07, 6.45) is 1.56. The van der Waals surface area contributed by atoms with Crippen LogP contribution in [-0.2, 0) is 9.59 Å². The summed E-state index contributed by atoms with van der Waals surface area (Å²) in [6, 6.07) is 1.69. The lowest BCUT2D eigenvalue weighted by molar-refractivity contribution is -0.122. The lowest BCUT2D eigenvalue weighted by Crippen LogP contribution is -2.34. The molecule has 0 aromatic carbocycles. The number of nitrogens with zero attached hydrogens (tertiary/aromatic N) is 2. The van der Waals surface area contributed by atoms with E-state index in [-0.39, 0.29) is 24.8 Å². The highest BCUT2D eigenvalue weighted by atomic mass is 79.9. The second-order valence-electron chi connectivity index (χ2n) is 3.41. The van der Waals surface area contributed by atoms with Gasteiger partial charge in [0.25, 0.3) is 0 Å². The summed E-state index contributed by atoms with van der Waals surface area (Å²) in [5.74, 6) is 0.455. The van der Waals surface area contributed by atoms with Crippen LogP contribution >= 0.6 is 15.9 Å². The molecule has 5 nitrogen and oxygen atoms in total. The van der Waals surface area contributed by atoms with Crippen LogP contribution in [0.2, 0.25) is 0 Å². The summed E-state index contributed by atoms with van der Waals surface area (Å²) in [5, 5.41) is 0. The molecule has 1 aromatic rings. The number of halogens is 1. The Morgan fingerprint density at radius 3 is 3.06 bits per heavy atom. The van der Waals surface area contributed by atoms with Gasteiger partial charge in [-0.25, -0.2) is 4.98 Å². The number of rotatable bonds is 0. The van der Waals surface area contributed by atoms with Crippen molar-refractivity contribution in [2.45, 2.75) is 6.92 Å². The molecule has 16 heavy (non-hydrogen) atoms. The van der Waals surface area contributed by atoms with Crippen LogP contribution in [-0.4, -0.2) is 29.8 Å². The van der Waals surface area contributed by atoms with Gasteiger partial charge in [0, 0.05) is 17.6 Å². The highest BCUT2D eigenvalue weighted by Gasteiger charge is 2.25. The van der Waals surface area contributed by atoms with E-state index in [0.29, 0.717) is 11.6 Å². The number of ketones is 1. The standard InChI is InChI=1S/C10H9BrN2O3/c1-6(14)13-4-8(15)5-16-9-2-7(11)3-12-10(9)13/h2-3H,4-5H2,1H3. The average molecular weight is 285 g/mol. The molecule has 0 saturated heterocycles. The first-order valence-corrected chi connectivity index (χ1v) is 5.45. The number of carbonyl (C=O) groups is 2. The maximum absolute atomic E-state index is 11.4. The third-order valence-corrected chi connectivity index (χ3v) is 2.59. The molecular formula is C10H9BrN2O3. The topological polar surface area (TPSA) is 59.5 Å². The number of aromatic nitrogens is 1. The number of carbonyl (C=O) groups excluding carboxylic acids is 2. The van der Waals surface area contributed by atoms with Crippen molar-refractivity contribution in [3.8, 4) is 5.75 Å². The molecule has 0 radical (unpaired) electrons. The van der Waals surface area contributed by atoms with Crippen molar-refractivity contribution in [1.82, 2.24) is 4.98 Å². The minimum Gasteiger partial charge on any atom is -0.482 e. The molecule has 0 saturated carbocycles. The molecule has 0 atom stereocenters. The molecule has 1 aliphatic heterocycles. The fourth-order valence-electron chi connectivity index (χ4n) is 1.44.